The molecule has 0 aliphatic heterocycles. The van der Waals surface area contributed by atoms with Gasteiger partial charge in [-0.3, -0.25) is 4.90 Å². The zero-order chi connectivity index (χ0) is 16.0. The minimum atomic E-state index is 0.539. The molecule has 1 rings (SSSR count). The van der Waals surface area contributed by atoms with Gasteiger partial charge in [-0.2, -0.15) is 0 Å². The molecule has 5 heteroatoms. The molecule has 1 heterocycles. The highest BCUT2D eigenvalue weighted by molar-refractivity contribution is 6.30. The molecule has 1 aromatic heterocycles. The molecule has 0 fully saturated rings. The Morgan fingerprint density at radius 2 is 1.76 bits per heavy atom. The Balaban J connectivity index is 2.70. The molecule has 0 saturated heterocycles. The van der Waals surface area contributed by atoms with Crippen LogP contribution in [0.15, 0.2) is 0 Å². The minimum Gasteiger partial charge on any atom is -0.368 e. The van der Waals surface area contributed by atoms with Crippen LogP contribution in [0.1, 0.15) is 52.4 Å². The second-order valence-corrected chi connectivity index (χ2v) is 6.36. The predicted molar refractivity (Wildman–Crippen MR) is 91.2 cm³/mol. The Morgan fingerprint density at radius 3 is 2.29 bits per heavy atom. The lowest BCUT2D eigenvalue weighted by Gasteiger charge is -2.30. The van der Waals surface area contributed by atoms with E-state index in [4.69, 9.17) is 11.6 Å². The molecule has 0 bridgehead atoms. The molecular formula is C16H29ClN4. The van der Waals surface area contributed by atoms with Crippen molar-refractivity contribution >= 4 is 17.4 Å². The summed E-state index contributed by atoms with van der Waals surface area (Å²) < 4.78 is 0. The maximum Gasteiger partial charge on any atom is 0.137 e. The average Bonchev–Trinajstić information content (AvgIpc) is 2.39. The molecule has 0 spiro atoms. The van der Waals surface area contributed by atoms with Crippen LogP contribution in [-0.2, 0) is 6.42 Å². The van der Waals surface area contributed by atoms with Gasteiger partial charge in [0.25, 0.3) is 0 Å². The first kappa shape index (κ1) is 18.2. The number of hydrogen-bond donors (Lipinski definition) is 1. The smallest absolute Gasteiger partial charge is 0.137 e. The minimum absolute atomic E-state index is 0.539. The van der Waals surface area contributed by atoms with Gasteiger partial charge in [0.2, 0.25) is 0 Å². The Bertz CT molecular complexity index is 438. The van der Waals surface area contributed by atoms with Crippen LogP contribution in [0.3, 0.4) is 0 Å². The van der Waals surface area contributed by atoms with Crippen molar-refractivity contribution in [1.82, 2.24) is 14.9 Å². The SMILES string of the molecule is CCCc1nc(Cl)c(C)c(NCCN(C(C)C)C(C)C)n1. The van der Waals surface area contributed by atoms with Gasteiger partial charge in [0.15, 0.2) is 0 Å². The third-order valence-corrected chi connectivity index (χ3v) is 3.96. The van der Waals surface area contributed by atoms with Gasteiger partial charge in [0, 0.05) is 37.2 Å². The number of hydrogen-bond acceptors (Lipinski definition) is 4. The van der Waals surface area contributed by atoms with Crippen molar-refractivity contribution in [2.75, 3.05) is 18.4 Å². The summed E-state index contributed by atoms with van der Waals surface area (Å²) in [5, 5.41) is 3.97. The van der Waals surface area contributed by atoms with Crippen molar-refractivity contribution in [3.8, 4) is 0 Å². The molecule has 0 amide bonds. The van der Waals surface area contributed by atoms with E-state index in [1.807, 2.05) is 6.92 Å². The normalized spacial score (nSPS) is 11.7. The van der Waals surface area contributed by atoms with Crippen molar-refractivity contribution in [3.05, 3.63) is 16.5 Å². The number of halogens is 1. The molecule has 0 aliphatic carbocycles. The number of rotatable bonds is 8. The van der Waals surface area contributed by atoms with Gasteiger partial charge in [0.05, 0.1) is 0 Å². The monoisotopic (exact) mass is 312 g/mol. The molecule has 0 radical (unpaired) electrons. The van der Waals surface area contributed by atoms with Crippen LogP contribution >= 0.6 is 11.6 Å². The van der Waals surface area contributed by atoms with Gasteiger partial charge in [-0.15, -0.1) is 0 Å². The molecule has 21 heavy (non-hydrogen) atoms. The molecule has 0 unspecified atom stereocenters. The van der Waals surface area contributed by atoms with E-state index in [0.717, 1.165) is 43.1 Å². The number of anilines is 1. The van der Waals surface area contributed by atoms with E-state index in [9.17, 15) is 0 Å². The molecule has 4 nitrogen and oxygen atoms in total. The number of nitrogens with zero attached hydrogens (tertiary/aromatic N) is 3. The van der Waals surface area contributed by atoms with Crippen LogP contribution in [0.25, 0.3) is 0 Å². The lowest BCUT2D eigenvalue weighted by Crippen LogP contribution is -2.40. The predicted octanol–water partition coefficient (Wildman–Crippen LogP) is 3.92. The van der Waals surface area contributed by atoms with Crippen LogP contribution in [0.4, 0.5) is 5.82 Å². The third-order valence-electron chi connectivity index (χ3n) is 3.60. The number of aryl methyl sites for hydroxylation is 1. The second kappa shape index (κ2) is 8.54. The Labute approximate surface area is 134 Å². The fraction of sp³-hybridized carbons (Fsp3) is 0.750. The van der Waals surface area contributed by atoms with E-state index in [2.05, 4.69) is 54.8 Å². The highest BCUT2D eigenvalue weighted by Crippen LogP contribution is 2.20. The highest BCUT2D eigenvalue weighted by atomic mass is 35.5. The second-order valence-electron chi connectivity index (χ2n) is 6.01. The third kappa shape index (κ3) is 5.44. The maximum absolute atomic E-state index is 6.20. The maximum atomic E-state index is 6.20. The topological polar surface area (TPSA) is 41.1 Å². The first-order chi connectivity index (χ1) is 9.86. The van der Waals surface area contributed by atoms with Crippen molar-refractivity contribution in [2.45, 2.75) is 66.5 Å². The van der Waals surface area contributed by atoms with Gasteiger partial charge in [-0.05, 0) is 41.0 Å². The van der Waals surface area contributed by atoms with E-state index in [0.29, 0.717) is 17.2 Å². The van der Waals surface area contributed by atoms with E-state index < -0.39 is 0 Å². The Kier molecular flexibility index (Phi) is 7.40. The van der Waals surface area contributed by atoms with Gasteiger partial charge in [0.1, 0.15) is 16.8 Å². The summed E-state index contributed by atoms with van der Waals surface area (Å²) in [7, 11) is 0. The van der Waals surface area contributed by atoms with E-state index >= 15 is 0 Å². The van der Waals surface area contributed by atoms with Gasteiger partial charge in [-0.1, -0.05) is 18.5 Å². The molecular weight excluding hydrogens is 284 g/mol. The summed E-state index contributed by atoms with van der Waals surface area (Å²) in [4.78, 5) is 11.4. The quantitative estimate of drug-likeness (QED) is 0.739. The molecule has 120 valence electrons. The van der Waals surface area contributed by atoms with Crippen molar-refractivity contribution in [3.63, 3.8) is 0 Å². The van der Waals surface area contributed by atoms with Gasteiger partial charge < -0.3 is 5.32 Å². The molecule has 1 N–H and O–H groups in total. The summed E-state index contributed by atoms with van der Waals surface area (Å²) >= 11 is 6.20. The zero-order valence-electron chi connectivity index (χ0n) is 14.2. The largest absolute Gasteiger partial charge is 0.368 e. The van der Waals surface area contributed by atoms with Crippen LogP contribution < -0.4 is 5.32 Å². The zero-order valence-corrected chi connectivity index (χ0v) is 15.0. The van der Waals surface area contributed by atoms with Crippen LogP contribution in [0.2, 0.25) is 5.15 Å². The first-order valence-corrected chi connectivity index (χ1v) is 8.27. The van der Waals surface area contributed by atoms with E-state index in [1.165, 1.54) is 0 Å². The van der Waals surface area contributed by atoms with Crippen molar-refractivity contribution in [1.29, 1.82) is 0 Å². The lowest BCUT2D eigenvalue weighted by atomic mass is 10.2. The molecule has 0 aromatic carbocycles. The van der Waals surface area contributed by atoms with Crippen molar-refractivity contribution < 1.29 is 0 Å². The van der Waals surface area contributed by atoms with Gasteiger partial charge >= 0.3 is 0 Å². The van der Waals surface area contributed by atoms with E-state index in [1.54, 1.807) is 0 Å². The molecule has 0 atom stereocenters. The summed E-state index contributed by atoms with van der Waals surface area (Å²) in [5.41, 5.74) is 0.928. The van der Waals surface area contributed by atoms with Crippen LogP contribution in [0.5, 0.6) is 0 Å². The summed E-state index contributed by atoms with van der Waals surface area (Å²) in [6.07, 6.45) is 1.88. The van der Waals surface area contributed by atoms with Crippen molar-refractivity contribution in [2.24, 2.45) is 0 Å². The summed E-state index contributed by atoms with van der Waals surface area (Å²) in [6, 6.07) is 1.08. The molecule has 1 aromatic rings. The first-order valence-electron chi connectivity index (χ1n) is 7.89. The molecule has 0 saturated carbocycles. The van der Waals surface area contributed by atoms with Crippen LogP contribution in [-0.4, -0.2) is 40.0 Å². The molecule has 0 aliphatic rings. The Morgan fingerprint density at radius 1 is 1.14 bits per heavy atom. The lowest BCUT2D eigenvalue weighted by molar-refractivity contribution is 0.182. The number of aromatic nitrogens is 2. The average molecular weight is 313 g/mol. The fourth-order valence-electron chi connectivity index (χ4n) is 2.46. The van der Waals surface area contributed by atoms with Gasteiger partial charge in [-0.25, -0.2) is 9.97 Å². The summed E-state index contributed by atoms with van der Waals surface area (Å²) in [5.74, 6) is 1.69. The standard InChI is InChI=1S/C16H29ClN4/c1-7-8-14-19-15(17)13(6)16(20-14)18-9-10-21(11(2)3)12(4)5/h11-12H,7-10H2,1-6H3,(H,18,19,20). The fourth-order valence-corrected chi connectivity index (χ4v) is 2.64. The Hall–Kier alpha value is -0.870. The van der Waals surface area contributed by atoms with Crippen LogP contribution in [0, 0.1) is 6.92 Å². The summed E-state index contributed by atoms with van der Waals surface area (Å²) in [6.45, 7) is 14.8. The number of nitrogens with one attached hydrogen (secondary N) is 1. The van der Waals surface area contributed by atoms with E-state index in [-0.39, 0.29) is 0 Å². The highest BCUT2D eigenvalue weighted by Gasteiger charge is 2.13.